The zero-order valence-electron chi connectivity index (χ0n) is 20.0. The molecule has 8 nitrogen and oxygen atoms in total. The van der Waals surface area contributed by atoms with Crippen LogP contribution < -0.4 is 20.1 Å². The van der Waals surface area contributed by atoms with Gasteiger partial charge in [-0.25, -0.2) is 8.42 Å². The summed E-state index contributed by atoms with van der Waals surface area (Å²) in [5, 5.41) is 5.49. The van der Waals surface area contributed by atoms with E-state index in [0.29, 0.717) is 22.7 Å². The minimum Gasteiger partial charge on any atom is -0.497 e. The van der Waals surface area contributed by atoms with Gasteiger partial charge in [-0.15, -0.1) is 0 Å². The van der Waals surface area contributed by atoms with Crippen molar-refractivity contribution >= 4 is 33.2 Å². The molecule has 0 unspecified atom stereocenters. The number of sulfonamides is 1. The Hall–Kier alpha value is -3.85. The second-order valence-corrected chi connectivity index (χ2v) is 10.1. The third kappa shape index (κ3) is 6.83. The number of amides is 2. The third-order valence-electron chi connectivity index (χ3n) is 5.30. The maximum atomic E-state index is 13.0. The summed E-state index contributed by atoms with van der Waals surface area (Å²) in [6.07, 6.45) is 0. The predicted octanol–water partition coefficient (Wildman–Crippen LogP) is 4.20. The van der Waals surface area contributed by atoms with E-state index in [1.54, 1.807) is 42.5 Å². The number of anilines is 2. The molecule has 0 aliphatic heterocycles. The molecule has 0 aromatic heterocycles. The maximum Gasteiger partial charge on any atom is 0.261 e. The normalized spacial score (nSPS) is 12.0. The molecule has 2 amide bonds. The molecule has 0 aliphatic rings. The van der Waals surface area contributed by atoms with Crippen LogP contribution >= 0.6 is 0 Å². The van der Waals surface area contributed by atoms with Crippen LogP contribution in [-0.4, -0.2) is 33.4 Å². The molecule has 184 valence electrons. The minimum atomic E-state index is -3.90. The van der Waals surface area contributed by atoms with Crippen molar-refractivity contribution in [2.24, 2.45) is 5.92 Å². The number of benzene rings is 3. The fourth-order valence-corrected chi connectivity index (χ4v) is 4.40. The predicted molar refractivity (Wildman–Crippen MR) is 136 cm³/mol. The molecule has 0 fully saturated rings. The molecule has 0 saturated carbocycles. The molecule has 0 radical (unpaired) electrons. The Morgan fingerprint density at radius 3 is 2.14 bits per heavy atom. The summed E-state index contributed by atoms with van der Waals surface area (Å²) >= 11 is 0. The molecule has 3 N–H and O–H groups in total. The van der Waals surface area contributed by atoms with Gasteiger partial charge in [0.25, 0.3) is 15.9 Å². The zero-order valence-corrected chi connectivity index (χ0v) is 20.8. The van der Waals surface area contributed by atoms with Crippen molar-refractivity contribution < 1.29 is 22.7 Å². The molecule has 0 heterocycles. The van der Waals surface area contributed by atoms with Gasteiger partial charge in [0.05, 0.1) is 12.0 Å². The van der Waals surface area contributed by atoms with Gasteiger partial charge in [0, 0.05) is 16.9 Å². The summed E-state index contributed by atoms with van der Waals surface area (Å²) in [5.41, 5.74) is 2.14. The standard InChI is InChI=1S/C26H29N3O5S/c1-17(2)24(28-25(30)19-10-8-18(3)9-11-19)26(31)27-21-6-5-7-23(16-21)35(32,33)29-20-12-14-22(34-4)15-13-20/h5-17,24,29H,1-4H3,(H,27,31)(H,28,30)/t24-/m1/s1. The highest BCUT2D eigenvalue weighted by Crippen LogP contribution is 2.22. The van der Waals surface area contributed by atoms with Crippen molar-refractivity contribution in [1.82, 2.24) is 5.32 Å². The van der Waals surface area contributed by atoms with Gasteiger partial charge in [0.15, 0.2) is 0 Å². The average Bonchev–Trinajstić information content (AvgIpc) is 2.83. The fraction of sp³-hybridized carbons (Fsp3) is 0.231. The van der Waals surface area contributed by atoms with E-state index < -0.39 is 22.0 Å². The second-order valence-electron chi connectivity index (χ2n) is 8.41. The summed E-state index contributed by atoms with van der Waals surface area (Å²) in [5.74, 6) is -0.406. The molecular weight excluding hydrogens is 466 g/mol. The van der Waals surface area contributed by atoms with E-state index >= 15 is 0 Å². The molecule has 3 rings (SSSR count). The van der Waals surface area contributed by atoms with Crippen LogP contribution in [0.3, 0.4) is 0 Å². The molecule has 0 spiro atoms. The van der Waals surface area contributed by atoms with Crippen molar-refractivity contribution in [3.8, 4) is 5.75 Å². The molecule has 9 heteroatoms. The smallest absolute Gasteiger partial charge is 0.261 e. The summed E-state index contributed by atoms with van der Waals surface area (Å²) in [4.78, 5) is 25.6. The van der Waals surface area contributed by atoms with Crippen LogP contribution in [0.15, 0.2) is 77.7 Å². The number of carbonyl (C=O) groups is 2. The van der Waals surface area contributed by atoms with Crippen molar-refractivity contribution in [2.45, 2.75) is 31.7 Å². The van der Waals surface area contributed by atoms with Crippen LogP contribution in [0.25, 0.3) is 0 Å². The van der Waals surface area contributed by atoms with Crippen LogP contribution in [0, 0.1) is 12.8 Å². The number of hydrogen-bond donors (Lipinski definition) is 3. The van der Waals surface area contributed by atoms with E-state index in [2.05, 4.69) is 15.4 Å². The van der Waals surface area contributed by atoms with Gasteiger partial charge in [0.2, 0.25) is 5.91 Å². The highest BCUT2D eigenvalue weighted by atomic mass is 32.2. The van der Waals surface area contributed by atoms with Gasteiger partial charge in [0.1, 0.15) is 11.8 Å². The molecular formula is C26H29N3O5S. The first-order valence-electron chi connectivity index (χ1n) is 11.0. The molecule has 3 aromatic carbocycles. The molecule has 35 heavy (non-hydrogen) atoms. The van der Waals surface area contributed by atoms with Crippen LogP contribution in [0.4, 0.5) is 11.4 Å². The topological polar surface area (TPSA) is 114 Å². The third-order valence-corrected chi connectivity index (χ3v) is 6.68. The summed E-state index contributed by atoms with van der Waals surface area (Å²) in [6.45, 7) is 5.56. The fourth-order valence-electron chi connectivity index (χ4n) is 3.30. The van der Waals surface area contributed by atoms with Crippen molar-refractivity contribution in [3.05, 3.63) is 83.9 Å². The van der Waals surface area contributed by atoms with E-state index in [4.69, 9.17) is 4.74 Å². The molecule has 0 aliphatic carbocycles. The minimum absolute atomic E-state index is 0.0177. The maximum absolute atomic E-state index is 13.0. The Labute approximate surface area is 205 Å². The summed E-state index contributed by atoms with van der Waals surface area (Å²) < 4.78 is 33.3. The van der Waals surface area contributed by atoms with Crippen LogP contribution in [-0.2, 0) is 14.8 Å². The lowest BCUT2D eigenvalue weighted by Crippen LogP contribution is -2.47. The van der Waals surface area contributed by atoms with Gasteiger partial charge < -0.3 is 15.4 Å². The number of hydrogen-bond acceptors (Lipinski definition) is 5. The molecule has 0 bridgehead atoms. The van der Waals surface area contributed by atoms with Crippen LogP contribution in [0.5, 0.6) is 5.75 Å². The average molecular weight is 496 g/mol. The van der Waals surface area contributed by atoms with Gasteiger partial charge in [-0.1, -0.05) is 37.6 Å². The van der Waals surface area contributed by atoms with Crippen LogP contribution in [0.1, 0.15) is 29.8 Å². The Morgan fingerprint density at radius 1 is 0.886 bits per heavy atom. The van der Waals surface area contributed by atoms with Crippen molar-refractivity contribution in [3.63, 3.8) is 0 Å². The highest BCUT2D eigenvalue weighted by Gasteiger charge is 2.25. The Morgan fingerprint density at radius 2 is 1.54 bits per heavy atom. The van der Waals surface area contributed by atoms with E-state index in [1.807, 2.05) is 32.9 Å². The number of nitrogens with one attached hydrogen (secondary N) is 3. The SMILES string of the molecule is COc1ccc(NS(=O)(=O)c2cccc(NC(=O)[C@H](NC(=O)c3ccc(C)cc3)C(C)C)c2)cc1. The number of rotatable bonds is 9. The van der Waals surface area contributed by atoms with Crippen LogP contribution in [0.2, 0.25) is 0 Å². The number of methoxy groups -OCH3 is 1. The number of ether oxygens (including phenoxy) is 1. The zero-order chi connectivity index (χ0) is 25.6. The van der Waals surface area contributed by atoms with Gasteiger partial charge in [-0.05, 0) is 67.4 Å². The lowest BCUT2D eigenvalue weighted by atomic mass is 10.0. The lowest BCUT2D eigenvalue weighted by molar-refractivity contribution is -0.118. The number of carbonyl (C=O) groups excluding carboxylic acids is 2. The Balaban J connectivity index is 1.73. The Bertz CT molecular complexity index is 1290. The highest BCUT2D eigenvalue weighted by molar-refractivity contribution is 7.92. The largest absolute Gasteiger partial charge is 0.497 e. The van der Waals surface area contributed by atoms with Crippen molar-refractivity contribution in [2.75, 3.05) is 17.1 Å². The number of aryl methyl sites for hydroxylation is 1. The second kappa shape index (κ2) is 11.1. The van der Waals surface area contributed by atoms with Gasteiger partial charge >= 0.3 is 0 Å². The molecule has 0 saturated heterocycles. The van der Waals surface area contributed by atoms with Gasteiger partial charge in [-0.3, -0.25) is 14.3 Å². The van der Waals surface area contributed by atoms with E-state index in [1.165, 1.54) is 25.3 Å². The summed E-state index contributed by atoms with van der Waals surface area (Å²) in [6, 6.07) is 18.6. The van der Waals surface area contributed by atoms with E-state index in [-0.39, 0.29) is 16.7 Å². The van der Waals surface area contributed by atoms with E-state index in [9.17, 15) is 18.0 Å². The first-order chi connectivity index (χ1) is 16.6. The van der Waals surface area contributed by atoms with E-state index in [0.717, 1.165) is 5.56 Å². The molecule has 3 aromatic rings. The molecule has 1 atom stereocenters. The quantitative estimate of drug-likeness (QED) is 0.412. The first-order valence-corrected chi connectivity index (χ1v) is 12.5. The Kier molecular flexibility index (Phi) is 8.14. The van der Waals surface area contributed by atoms with Gasteiger partial charge in [-0.2, -0.15) is 0 Å². The first kappa shape index (κ1) is 25.8. The van der Waals surface area contributed by atoms with Crippen molar-refractivity contribution in [1.29, 1.82) is 0 Å². The lowest BCUT2D eigenvalue weighted by Gasteiger charge is -2.22. The summed E-state index contributed by atoms with van der Waals surface area (Å²) in [7, 11) is -2.37. The monoisotopic (exact) mass is 495 g/mol.